The minimum Gasteiger partial charge on any atom is -0.348 e. The van der Waals surface area contributed by atoms with Gasteiger partial charge in [0.25, 0.3) is 0 Å². The summed E-state index contributed by atoms with van der Waals surface area (Å²) in [7, 11) is 0. The van der Waals surface area contributed by atoms with E-state index in [-0.39, 0.29) is 18.2 Å². The summed E-state index contributed by atoms with van der Waals surface area (Å²) in [5.74, 6) is -0.225. The van der Waals surface area contributed by atoms with Crippen LogP contribution >= 0.6 is 0 Å². The number of hydrogen-bond acceptors (Lipinski definition) is 2. The molecule has 0 aliphatic heterocycles. The van der Waals surface area contributed by atoms with Crippen LogP contribution in [0.3, 0.4) is 0 Å². The van der Waals surface area contributed by atoms with Crippen molar-refractivity contribution in [1.82, 2.24) is 5.32 Å². The number of benzene rings is 2. The maximum Gasteiger partial charge on any atom is 0.224 e. The lowest BCUT2D eigenvalue weighted by Gasteiger charge is -2.04. The molecule has 1 amide bonds. The predicted molar refractivity (Wildman–Crippen MR) is 73.9 cm³/mol. The van der Waals surface area contributed by atoms with Crippen molar-refractivity contribution in [2.24, 2.45) is 0 Å². The van der Waals surface area contributed by atoms with Gasteiger partial charge >= 0.3 is 0 Å². The summed E-state index contributed by atoms with van der Waals surface area (Å²) in [4.78, 5) is 23.5. The van der Waals surface area contributed by atoms with E-state index in [9.17, 15) is 9.59 Å². The quantitative estimate of drug-likeness (QED) is 0.830. The first-order chi connectivity index (χ1) is 9.25. The minimum absolute atomic E-state index is 0.0374. The van der Waals surface area contributed by atoms with Gasteiger partial charge in [0.1, 0.15) is 0 Å². The van der Waals surface area contributed by atoms with E-state index in [1.165, 1.54) is 0 Å². The van der Waals surface area contributed by atoms with Crippen LogP contribution in [0.2, 0.25) is 0 Å². The topological polar surface area (TPSA) is 46.2 Å². The Morgan fingerprint density at radius 2 is 1.42 bits per heavy atom. The van der Waals surface area contributed by atoms with Crippen LogP contribution in [0.25, 0.3) is 0 Å². The number of nitrogens with one attached hydrogen (secondary N) is 1. The van der Waals surface area contributed by atoms with Crippen LogP contribution in [0.15, 0.2) is 60.7 Å². The monoisotopic (exact) mass is 253 g/mol. The number of hydrogen-bond donors (Lipinski definition) is 1. The zero-order valence-electron chi connectivity index (χ0n) is 10.5. The van der Waals surface area contributed by atoms with E-state index in [1.54, 1.807) is 24.3 Å². The molecule has 0 aliphatic carbocycles. The molecule has 19 heavy (non-hydrogen) atoms. The van der Waals surface area contributed by atoms with Crippen molar-refractivity contribution in [2.75, 3.05) is 6.54 Å². The van der Waals surface area contributed by atoms with Gasteiger partial charge < -0.3 is 5.32 Å². The number of carbonyl (C=O) groups excluding carboxylic acids is 2. The van der Waals surface area contributed by atoms with E-state index in [2.05, 4.69) is 5.32 Å². The van der Waals surface area contributed by atoms with Crippen molar-refractivity contribution < 1.29 is 9.59 Å². The van der Waals surface area contributed by atoms with Gasteiger partial charge in [-0.15, -0.1) is 0 Å². The maximum atomic E-state index is 11.8. The molecule has 0 bridgehead atoms. The SMILES string of the molecule is O=C(Cc1ccccc1)NCC(=O)c1ccccc1. The lowest BCUT2D eigenvalue weighted by Crippen LogP contribution is -2.30. The molecule has 0 spiro atoms. The van der Waals surface area contributed by atoms with E-state index >= 15 is 0 Å². The molecule has 0 atom stereocenters. The Labute approximate surface area is 112 Å². The average Bonchev–Trinajstić information content (AvgIpc) is 2.47. The fraction of sp³-hybridized carbons (Fsp3) is 0.125. The molecule has 3 heteroatoms. The van der Waals surface area contributed by atoms with Crippen molar-refractivity contribution in [3.63, 3.8) is 0 Å². The zero-order chi connectivity index (χ0) is 13.5. The molecule has 2 rings (SSSR count). The van der Waals surface area contributed by atoms with E-state index in [4.69, 9.17) is 0 Å². The highest BCUT2D eigenvalue weighted by Crippen LogP contribution is 2.01. The van der Waals surface area contributed by atoms with Gasteiger partial charge in [0.15, 0.2) is 5.78 Å². The molecule has 0 heterocycles. The minimum atomic E-state index is -0.143. The lowest BCUT2D eigenvalue weighted by molar-refractivity contribution is -0.120. The zero-order valence-corrected chi connectivity index (χ0v) is 10.5. The number of rotatable bonds is 5. The third kappa shape index (κ3) is 4.07. The first-order valence-electron chi connectivity index (χ1n) is 6.14. The van der Waals surface area contributed by atoms with Gasteiger partial charge in [-0.05, 0) is 5.56 Å². The van der Waals surface area contributed by atoms with Crippen molar-refractivity contribution in [2.45, 2.75) is 6.42 Å². The van der Waals surface area contributed by atoms with Crippen molar-refractivity contribution in [1.29, 1.82) is 0 Å². The molecule has 0 aromatic heterocycles. The predicted octanol–water partition coefficient (Wildman–Crippen LogP) is 2.23. The first-order valence-corrected chi connectivity index (χ1v) is 6.14. The molecule has 2 aromatic carbocycles. The molecule has 0 radical (unpaired) electrons. The summed E-state index contributed by atoms with van der Waals surface area (Å²) < 4.78 is 0. The summed E-state index contributed by atoms with van der Waals surface area (Å²) >= 11 is 0. The molecule has 3 nitrogen and oxygen atoms in total. The fourth-order valence-electron chi connectivity index (χ4n) is 1.75. The van der Waals surface area contributed by atoms with Crippen molar-refractivity contribution in [3.8, 4) is 0 Å². The highest BCUT2D eigenvalue weighted by Gasteiger charge is 2.07. The summed E-state index contributed by atoms with van der Waals surface area (Å²) in [5, 5.41) is 2.64. The normalized spacial score (nSPS) is 9.89. The van der Waals surface area contributed by atoms with Crippen LogP contribution in [0.5, 0.6) is 0 Å². The molecule has 0 fully saturated rings. The van der Waals surface area contributed by atoms with Crippen LogP contribution < -0.4 is 5.32 Å². The molecule has 0 unspecified atom stereocenters. The number of carbonyl (C=O) groups is 2. The van der Waals surface area contributed by atoms with Crippen LogP contribution in [0.1, 0.15) is 15.9 Å². The molecular weight excluding hydrogens is 238 g/mol. The Bertz CT molecular complexity index is 549. The Balaban J connectivity index is 1.83. The van der Waals surface area contributed by atoms with E-state index in [0.717, 1.165) is 5.56 Å². The molecule has 0 saturated carbocycles. The second-order valence-corrected chi connectivity index (χ2v) is 4.23. The van der Waals surface area contributed by atoms with Gasteiger partial charge in [-0.1, -0.05) is 60.7 Å². The van der Waals surface area contributed by atoms with E-state index < -0.39 is 0 Å². The van der Waals surface area contributed by atoms with Gasteiger partial charge in [-0.2, -0.15) is 0 Å². The maximum absolute atomic E-state index is 11.8. The van der Waals surface area contributed by atoms with E-state index in [1.807, 2.05) is 36.4 Å². The molecule has 1 N–H and O–H groups in total. The Morgan fingerprint density at radius 3 is 2.05 bits per heavy atom. The average molecular weight is 253 g/mol. The van der Waals surface area contributed by atoms with Crippen LogP contribution in [0.4, 0.5) is 0 Å². The summed E-state index contributed by atoms with van der Waals surface area (Å²) in [5.41, 5.74) is 1.55. The van der Waals surface area contributed by atoms with E-state index in [0.29, 0.717) is 12.0 Å². The third-order valence-electron chi connectivity index (χ3n) is 2.75. The largest absolute Gasteiger partial charge is 0.348 e. The standard InChI is InChI=1S/C16H15NO2/c18-15(14-9-5-2-6-10-14)12-17-16(19)11-13-7-3-1-4-8-13/h1-10H,11-12H2,(H,17,19). The Morgan fingerprint density at radius 1 is 0.842 bits per heavy atom. The highest BCUT2D eigenvalue weighted by molar-refractivity contribution is 5.99. The second kappa shape index (κ2) is 6.50. The van der Waals surface area contributed by atoms with Crippen LogP contribution in [0, 0.1) is 0 Å². The smallest absolute Gasteiger partial charge is 0.224 e. The molecule has 2 aromatic rings. The molecule has 0 aliphatic rings. The lowest BCUT2D eigenvalue weighted by atomic mass is 10.1. The van der Waals surface area contributed by atoms with Gasteiger partial charge in [-0.25, -0.2) is 0 Å². The van der Waals surface area contributed by atoms with Gasteiger partial charge in [-0.3, -0.25) is 9.59 Å². The summed E-state index contributed by atoms with van der Waals surface area (Å²) in [6.45, 7) is 0.0374. The molecule has 0 saturated heterocycles. The first kappa shape index (κ1) is 13.0. The van der Waals surface area contributed by atoms with Crippen LogP contribution in [-0.4, -0.2) is 18.2 Å². The Kier molecular flexibility index (Phi) is 4.45. The molecular formula is C16H15NO2. The summed E-state index contributed by atoms with van der Waals surface area (Å²) in [6.07, 6.45) is 0.295. The van der Waals surface area contributed by atoms with Gasteiger partial charge in [0.2, 0.25) is 5.91 Å². The molecule has 96 valence electrons. The number of ketones is 1. The van der Waals surface area contributed by atoms with Gasteiger partial charge in [0, 0.05) is 5.56 Å². The summed E-state index contributed by atoms with van der Waals surface area (Å²) in [6, 6.07) is 18.4. The highest BCUT2D eigenvalue weighted by atomic mass is 16.2. The number of amides is 1. The number of Topliss-reactive ketones (excluding diaryl/α,β-unsaturated/α-hetero) is 1. The van der Waals surface area contributed by atoms with Gasteiger partial charge in [0.05, 0.1) is 13.0 Å². The van der Waals surface area contributed by atoms with Crippen LogP contribution in [-0.2, 0) is 11.2 Å². The fourth-order valence-corrected chi connectivity index (χ4v) is 1.75. The van der Waals surface area contributed by atoms with Crippen molar-refractivity contribution >= 4 is 11.7 Å². The Hall–Kier alpha value is -2.42. The van der Waals surface area contributed by atoms with Crippen molar-refractivity contribution in [3.05, 3.63) is 71.8 Å². The third-order valence-corrected chi connectivity index (χ3v) is 2.75. The second-order valence-electron chi connectivity index (χ2n) is 4.23.